The molecule has 0 amide bonds. The van der Waals surface area contributed by atoms with E-state index in [1.807, 2.05) is 12.1 Å². The van der Waals surface area contributed by atoms with Gasteiger partial charge in [-0.1, -0.05) is 19.8 Å². The monoisotopic (exact) mass is 327 g/mol. The van der Waals surface area contributed by atoms with E-state index in [4.69, 9.17) is 4.74 Å². The lowest BCUT2D eigenvalue weighted by Gasteiger charge is -2.27. The number of hydrogen-bond acceptors (Lipinski definition) is 3. The van der Waals surface area contributed by atoms with Crippen molar-refractivity contribution in [2.75, 3.05) is 13.7 Å². The number of hydrogen-bond donors (Lipinski definition) is 1. The zero-order valence-electron chi connectivity index (χ0n) is 11.7. The summed E-state index contributed by atoms with van der Waals surface area (Å²) in [6.07, 6.45) is 5.32. The Hall–Kier alpha value is -0.740. The summed E-state index contributed by atoms with van der Waals surface area (Å²) in [5.41, 5.74) is 1.18. The van der Waals surface area contributed by atoms with Gasteiger partial charge in [0.15, 0.2) is 11.5 Å². The zero-order valence-corrected chi connectivity index (χ0v) is 13.2. The van der Waals surface area contributed by atoms with E-state index >= 15 is 0 Å². The van der Waals surface area contributed by atoms with Gasteiger partial charge in [0, 0.05) is 12.6 Å². The molecule has 4 heteroatoms. The third kappa shape index (κ3) is 3.42. The molecular formula is C15H22BrNO2. The minimum absolute atomic E-state index is 0.176. The van der Waals surface area contributed by atoms with Crippen LogP contribution in [-0.4, -0.2) is 29.7 Å². The summed E-state index contributed by atoms with van der Waals surface area (Å²) in [7, 11) is 1.58. The third-order valence-corrected chi connectivity index (χ3v) is 4.55. The van der Waals surface area contributed by atoms with Gasteiger partial charge in [0.2, 0.25) is 0 Å². The van der Waals surface area contributed by atoms with Crippen molar-refractivity contribution in [2.45, 2.75) is 45.2 Å². The highest BCUT2D eigenvalue weighted by molar-refractivity contribution is 9.10. The topological polar surface area (TPSA) is 32.7 Å². The van der Waals surface area contributed by atoms with E-state index < -0.39 is 0 Å². The molecule has 1 aliphatic carbocycles. The van der Waals surface area contributed by atoms with Crippen LogP contribution >= 0.6 is 15.9 Å². The van der Waals surface area contributed by atoms with Crippen molar-refractivity contribution in [2.24, 2.45) is 0 Å². The predicted molar refractivity (Wildman–Crippen MR) is 80.7 cm³/mol. The van der Waals surface area contributed by atoms with Gasteiger partial charge in [0.1, 0.15) is 0 Å². The lowest BCUT2D eigenvalue weighted by Crippen LogP contribution is -2.32. The number of phenols is 1. The highest BCUT2D eigenvalue weighted by Crippen LogP contribution is 2.36. The van der Waals surface area contributed by atoms with Crippen LogP contribution in [-0.2, 0) is 6.54 Å². The second kappa shape index (κ2) is 6.62. The molecule has 0 saturated heterocycles. The quantitative estimate of drug-likeness (QED) is 0.889. The average Bonchev–Trinajstić information content (AvgIpc) is 2.93. The van der Waals surface area contributed by atoms with Crippen molar-refractivity contribution in [3.05, 3.63) is 22.2 Å². The van der Waals surface area contributed by atoms with Gasteiger partial charge in [0.25, 0.3) is 0 Å². The van der Waals surface area contributed by atoms with Crippen molar-refractivity contribution in [3.8, 4) is 11.5 Å². The second-order valence-electron chi connectivity index (χ2n) is 5.13. The van der Waals surface area contributed by atoms with E-state index in [0.717, 1.165) is 13.1 Å². The molecule has 1 saturated carbocycles. The van der Waals surface area contributed by atoms with Crippen LogP contribution in [0.25, 0.3) is 0 Å². The molecule has 19 heavy (non-hydrogen) atoms. The number of phenolic OH excluding ortho intramolecular Hbond substituents is 1. The maximum atomic E-state index is 9.84. The molecule has 0 atom stereocenters. The summed E-state index contributed by atoms with van der Waals surface area (Å²) in [6, 6.07) is 4.62. The standard InChI is InChI=1S/C15H22BrNO2/c1-3-17(12-6-4-5-7-12)10-11-8-13(16)15(18)14(9-11)19-2/h8-9,12,18H,3-7,10H2,1-2H3. The number of nitrogens with zero attached hydrogens (tertiary/aromatic N) is 1. The van der Waals surface area contributed by atoms with Gasteiger partial charge in [-0.25, -0.2) is 0 Å². The average molecular weight is 328 g/mol. The molecule has 0 unspecified atom stereocenters. The molecular weight excluding hydrogens is 306 g/mol. The Morgan fingerprint density at radius 1 is 1.37 bits per heavy atom. The molecule has 1 fully saturated rings. The molecule has 106 valence electrons. The van der Waals surface area contributed by atoms with Crippen LogP contribution in [0.4, 0.5) is 0 Å². The SMILES string of the molecule is CCN(Cc1cc(Br)c(O)c(OC)c1)C1CCCC1. The van der Waals surface area contributed by atoms with Crippen molar-refractivity contribution in [3.63, 3.8) is 0 Å². The Morgan fingerprint density at radius 3 is 2.63 bits per heavy atom. The Kier molecular flexibility index (Phi) is 5.11. The Balaban J connectivity index is 2.14. The van der Waals surface area contributed by atoms with Gasteiger partial charge in [0.05, 0.1) is 11.6 Å². The lowest BCUT2D eigenvalue weighted by molar-refractivity contribution is 0.200. The number of methoxy groups -OCH3 is 1. The highest BCUT2D eigenvalue weighted by atomic mass is 79.9. The van der Waals surface area contributed by atoms with Crippen molar-refractivity contribution in [1.82, 2.24) is 4.90 Å². The van der Waals surface area contributed by atoms with E-state index in [1.54, 1.807) is 7.11 Å². The van der Waals surface area contributed by atoms with Crippen LogP contribution in [0, 0.1) is 0 Å². The number of halogens is 1. The molecule has 2 rings (SSSR count). The first kappa shape index (κ1) is 14.7. The summed E-state index contributed by atoms with van der Waals surface area (Å²) in [5, 5.41) is 9.84. The van der Waals surface area contributed by atoms with Crippen molar-refractivity contribution < 1.29 is 9.84 Å². The maximum absolute atomic E-state index is 9.84. The first-order chi connectivity index (χ1) is 9.15. The minimum atomic E-state index is 0.176. The van der Waals surface area contributed by atoms with Crippen molar-refractivity contribution >= 4 is 15.9 Å². The van der Waals surface area contributed by atoms with E-state index in [0.29, 0.717) is 16.3 Å². The molecule has 0 bridgehead atoms. The number of rotatable bonds is 5. The maximum Gasteiger partial charge on any atom is 0.172 e. The molecule has 1 aromatic rings. The highest BCUT2D eigenvalue weighted by Gasteiger charge is 2.22. The van der Waals surface area contributed by atoms with Crippen LogP contribution in [0.15, 0.2) is 16.6 Å². The molecule has 0 heterocycles. The molecule has 1 aliphatic rings. The summed E-state index contributed by atoms with van der Waals surface area (Å²) in [5.74, 6) is 0.710. The zero-order chi connectivity index (χ0) is 13.8. The Labute approximate surface area is 123 Å². The fourth-order valence-corrected chi connectivity index (χ4v) is 3.37. The van der Waals surface area contributed by atoms with Crippen molar-refractivity contribution in [1.29, 1.82) is 0 Å². The third-order valence-electron chi connectivity index (χ3n) is 3.94. The van der Waals surface area contributed by atoms with Crippen LogP contribution in [0.1, 0.15) is 38.2 Å². The fraction of sp³-hybridized carbons (Fsp3) is 0.600. The lowest BCUT2D eigenvalue weighted by atomic mass is 10.1. The predicted octanol–water partition coefficient (Wildman–Crippen LogP) is 3.93. The fourth-order valence-electron chi connectivity index (χ4n) is 2.88. The second-order valence-corrected chi connectivity index (χ2v) is 5.98. The Morgan fingerprint density at radius 2 is 2.05 bits per heavy atom. The van der Waals surface area contributed by atoms with E-state index in [9.17, 15) is 5.11 Å². The summed E-state index contributed by atoms with van der Waals surface area (Å²) < 4.78 is 5.91. The molecule has 1 aromatic carbocycles. The summed E-state index contributed by atoms with van der Waals surface area (Å²) >= 11 is 3.38. The smallest absolute Gasteiger partial charge is 0.172 e. The van der Waals surface area contributed by atoms with Crippen LogP contribution in [0.3, 0.4) is 0 Å². The van der Waals surface area contributed by atoms with Gasteiger partial charge in [-0.15, -0.1) is 0 Å². The van der Waals surface area contributed by atoms with Crippen LogP contribution in [0.2, 0.25) is 0 Å². The summed E-state index contributed by atoms with van der Waals surface area (Å²) in [4.78, 5) is 2.52. The minimum Gasteiger partial charge on any atom is -0.503 e. The normalized spacial score (nSPS) is 16.2. The molecule has 0 radical (unpaired) electrons. The van der Waals surface area contributed by atoms with E-state index in [-0.39, 0.29) is 5.75 Å². The van der Waals surface area contributed by atoms with Gasteiger partial charge in [-0.3, -0.25) is 4.90 Å². The number of ether oxygens (including phenoxy) is 1. The van der Waals surface area contributed by atoms with Gasteiger partial charge < -0.3 is 9.84 Å². The number of benzene rings is 1. The molecule has 0 aliphatic heterocycles. The van der Waals surface area contributed by atoms with Gasteiger partial charge >= 0.3 is 0 Å². The molecule has 1 N–H and O–H groups in total. The molecule has 0 aromatic heterocycles. The largest absolute Gasteiger partial charge is 0.503 e. The first-order valence-electron chi connectivity index (χ1n) is 6.95. The first-order valence-corrected chi connectivity index (χ1v) is 7.74. The van der Waals surface area contributed by atoms with Crippen LogP contribution < -0.4 is 4.74 Å². The number of aromatic hydroxyl groups is 1. The van der Waals surface area contributed by atoms with Crippen LogP contribution in [0.5, 0.6) is 11.5 Å². The molecule has 0 spiro atoms. The van der Waals surface area contributed by atoms with Gasteiger partial charge in [-0.05, 0) is 53.0 Å². The van der Waals surface area contributed by atoms with Gasteiger partial charge in [-0.2, -0.15) is 0 Å². The molecule has 3 nitrogen and oxygen atoms in total. The van der Waals surface area contributed by atoms with E-state index in [2.05, 4.69) is 27.8 Å². The van der Waals surface area contributed by atoms with E-state index in [1.165, 1.54) is 31.2 Å². The summed E-state index contributed by atoms with van der Waals surface area (Å²) in [6.45, 7) is 4.19. The Bertz CT molecular complexity index is 430.